The van der Waals surface area contributed by atoms with E-state index in [0.717, 1.165) is 23.9 Å². The van der Waals surface area contributed by atoms with Crippen molar-refractivity contribution < 1.29 is 13.6 Å². The normalized spacial score (nSPS) is 11.0. The van der Waals surface area contributed by atoms with Crippen molar-refractivity contribution in [1.82, 2.24) is 9.55 Å². The number of rotatable bonds is 5. The third-order valence-corrected chi connectivity index (χ3v) is 6.23. The summed E-state index contributed by atoms with van der Waals surface area (Å²) < 4.78 is 28.2. The van der Waals surface area contributed by atoms with Crippen LogP contribution in [0.5, 0.6) is 0 Å². The fourth-order valence-electron chi connectivity index (χ4n) is 2.74. The van der Waals surface area contributed by atoms with Gasteiger partial charge in [-0.15, -0.1) is 11.3 Å². The van der Waals surface area contributed by atoms with E-state index >= 15 is 0 Å². The molecule has 0 saturated carbocycles. The van der Waals surface area contributed by atoms with Crippen molar-refractivity contribution in [3.8, 4) is 5.69 Å². The molecule has 0 aliphatic carbocycles. The second-order valence-corrected chi connectivity index (χ2v) is 8.35. The van der Waals surface area contributed by atoms with E-state index in [4.69, 9.17) is 11.6 Å². The monoisotopic (exact) mass is 463 g/mol. The SMILES string of the molecule is O=C(CSc1nc2ccsc2c(=O)n1-c1ccccc1Cl)Nc1ccc(F)c(F)c1. The molecule has 0 bridgehead atoms. The van der Waals surface area contributed by atoms with E-state index in [1.54, 1.807) is 35.7 Å². The average Bonchev–Trinajstić information content (AvgIpc) is 3.19. The number of para-hydroxylation sites is 1. The number of carbonyl (C=O) groups excluding carboxylic acids is 1. The highest BCUT2D eigenvalue weighted by molar-refractivity contribution is 7.99. The summed E-state index contributed by atoms with van der Waals surface area (Å²) in [6.07, 6.45) is 0. The molecular formula is C20H12ClF2N3O2S2. The standard InChI is InChI=1S/C20H12ClF2N3O2S2/c21-12-3-1-2-4-16(12)26-19(28)18-15(7-8-29-18)25-20(26)30-10-17(27)24-11-5-6-13(22)14(23)9-11/h1-9H,10H2,(H,24,27). The molecule has 5 nitrogen and oxygen atoms in total. The topological polar surface area (TPSA) is 64.0 Å². The third kappa shape index (κ3) is 4.09. The molecule has 2 aromatic heterocycles. The van der Waals surface area contributed by atoms with Crippen molar-refractivity contribution >= 4 is 56.5 Å². The van der Waals surface area contributed by atoms with Gasteiger partial charge in [-0.2, -0.15) is 0 Å². The summed E-state index contributed by atoms with van der Waals surface area (Å²) in [6, 6.07) is 11.7. The van der Waals surface area contributed by atoms with Gasteiger partial charge in [0.05, 0.1) is 22.0 Å². The zero-order chi connectivity index (χ0) is 21.3. The molecule has 4 aromatic rings. The molecule has 0 spiro atoms. The number of benzene rings is 2. The Balaban J connectivity index is 1.64. The molecule has 0 radical (unpaired) electrons. The van der Waals surface area contributed by atoms with Crippen LogP contribution in [0.2, 0.25) is 5.02 Å². The number of anilines is 1. The Morgan fingerprint density at radius 2 is 1.97 bits per heavy atom. The van der Waals surface area contributed by atoms with E-state index in [0.29, 0.717) is 26.1 Å². The first kappa shape index (κ1) is 20.5. The molecular weight excluding hydrogens is 452 g/mol. The van der Waals surface area contributed by atoms with Gasteiger partial charge in [0.2, 0.25) is 5.91 Å². The third-order valence-electron chi connectivity index (χ3n) is 4.08. The molecule has 152 valence electrons. The number of fused-ring (bicyclic) bond motifs is 1. The molecule has 0 saturated heterocycles. The van der Waals surface area contributed by atoms with E-state index in [1.165, 1.54) is 22.0 Å². The lowest BCUT2D eigenvalue weighted by Gasteiger charge is -2.13. The van der Waals surface area contributed by atoms with Gasteiger partial charge in [-0.1, -0.05) is 35.5 Å². The number of aromatic nitrogens is 2. The maximum Gasteiger partial charge on any atom is 0.276 e. The summed E-state index contributed by atoms with van der Waals surface area (Å²) in [5.74, 6) is -2.63. The number of halogens is 3. The fraction of sp³-hybridized carbons (Fsp3) is 0.0500. The quantitative estimate of drug-likeness (QED) is 0.330. The zero-order valence-corrected chi connectivity index (χ0v) is 17.5. The van der Waals surface area contributed by atoms with Crippen molar-refractivity contribution in [3.05, 3.63) is 80.9 Å². The van der Waals surface area contributed by atoms with Crippen LogP contribution in [0.1, 0.15) is 0 Å². The van der Waals surface area contributed by atoms with Gasteiger partial charge in [-0.25, -0.2) is 13.8 Å². The van der Waals surface area contributed by atoms with Gasteiger partial charge in [-0.05, 0) is 35.7 Å². The van der Waals surface area contributed by atoms with Gasteiger partial charge in [0.25, 0.3) is 5.56 Å². The minimum absolute atomic E-state index is 0.106. The van der Waals surface area contributed by atoms with E-state index in [9.17, 15) is 18.4 Å². The maximum atomic E-state index is 13.3. The van der Waals surface area contributed by atoms with Gasteiger partial charge in [0, 0.05) is 11.8 Å². The minimum Gasteiger partial charge on any atom is -0.325 e. The van der Waals surface area contributed by atoms with Gasteiger partial charge in [-0.3, -0.25) is 14.2 Å². The summed E-state index contributed by atoms with van der Waals surface area (Å²) >= 11 is 8.59. The second-order valence-electron chi connectivity index (χ2n) is 6.09. The van der Waals surface area contributed by atoms with E-state index in [-0.39, 0.29) is 17.0 Å². The van der Waals surface area contributed by atoms with E-state index in [2.05, 4.69) is 10.3 Å². The number of hydrogen-bond donors (Lipinski definition) is 1. The number of amides is 1. The molecule has 10 heteroatoms. The summed E-state index contributed by atoms with van der Waals surface area (Å²) in [4.78, 5) is 29.9. The molecule has 30 heavy (non-hydrogen) atoms. The van der Waals surface area contributed by atoms with Crippen LogP contribution in [0.15, 0.2) is 63.9 Å². The first-order valence-electron chi connectivity index (χ1n) is 8.57. The second kappa shape index (κ2) is 8.55. The van der Waals surface area contributed by atoms with E-state index in [1.807, 2.05) is 0 Å². The predicted molar refractivity (Wildman–Crippen MR) is 116 cm³/mol. The van der Waals surface area contributed by atoms with Crippen molar-refractivity contribution in [1.29, 1.82) is 0 Å². The summed E-state index contributed by atoms with van der Waals surface area (Å²) in [7, 11) is 0. The van der Waals surface area contributed by atoms with Gasteiger partial charge < -0.3 is 5.32 Å². The number of nitrogens with zero attached hydrogens (tertiary/aromatic N) is 2. The van der Waals surface area contributed by atoms with Crippen LogP contribution in [0, 0.1) is 11.6 Å². The van der Waals surface area contributed by atoms with Crippen molar-refractivity contribution in [2.45, 2.75) is 5.16 Å². The first-order chi connectivity index (χ1) is 14.4. The van der Waals surface area contributed by atoms with Crippen molar-refractivity contribution in [3.63, 3.8) is 0 Å². The maximum absolute atomic E-state index is 13.3. The smallest absolute Gasteiger partial charge is 0.276 e. The lowest BCUT2D eigenvalue weighted by Crippen LogP contribution is -2.22. The summed E-state index contributed by atoms with van der Waals surface area (Å²) in [5, 5.41) is 4.91. The Morgan fingerprint density at radius 3 is 2.73 bits per heavy atom. The zero-order valence-electron chi connectivity index (χ0n) is 15.1. The van der Waals surface area contributed by atoms with Crippen LogP contribution in [0.3, 0.4) is 0 Å². The summed E-state index contributed by atoms with van der Waals surface area (Å²) in [5.41, 5.74) is 0.822. The Labute approximate surface area is 182 Å². The number of thiophene rings is 1. The van der Waals surface area contributed by atoms with Gasteiger partial charge in [0.15, 0.2) is 16.8 Å². The lowest BCUT2D eigenvalue weighted by molar-refractivity contribution is -0.113. The molecule has 0 aliphatic rings. The molecule has 2 heterocycles. The average molecular weight is 464 g/mol. The highest BCUT2D eigenvalue weighted by atomic mass is 35.5. The van der Waals surface area contributed by atoms with Crippen molar-refractivity contribution in [2.24, 2.45) is 0 Å². The molecule has 1 amide bonds. The van der Waals surface area contributed by atoms with Crippen LogP contribution in [-0.2, 0) is 4.79 Å². The highest BCUT2D eigenvalue weighted by Gasteiger charge is 2.17. The molecule has 0 aliphatic heterocycles. The molecule has 1 N–H and O–H groups in total. The molecule has 2 aromatic carbocycles. The minimum atomic E-state index is -1.06. The summed E-state index contributed by atoms with van der Waals surface area (Å²) in [6.45, 7) is 0. The van der Waals surface area contributed by atoms with Crippen LogP contribution < -0.4 is 10.9 Å². The molecule has 0 fully saturated rings. The lowest BCUT2D eigenvalue weighted by atomic mass is 10.3. The van der Waals surface area contributed by atoms with Crippen LogP contribution in [0.4, 0.5) is 14.5 Å². The number of nitrogens with one attached hydrogen (secondary N) is 1. The number of hydrogen-bond acceptors (Lipinski definition) is 5. The molecule has 0 unspecified atom stereocenters. The first-order valence-corrected chi connectivity index (χ1v) is 10.8. The van der Waals surface area contributed by atoms with Crippen LogP contribution >= 0.6 is 34.7 Å². The van der Waals surface area contributed by atoms with Gasteiger partial charge >= 0.3 is 0 Å². The van der Waals surface area contributed by atoms with Crippen LogP contribution in [0.25, 0.3) is 15.9 Å². The Hall–Kier alpha value is -2.75. The Bertz CT molecular complexity index is 1320. The van der Waals surface area contributed by atoms with E-state index < -0.39 is 17.5 Å². The predicted octanol–water partition coefficient (Wildman–Crippen LogP) is 5.11. The molecule has 0 atom stereocenters. The Morgan fingerprint density at radius 1 is 1.17 bits per heavy atom. The fourth-order valence-corrected chi connectivity index (χ4v) is 4.52. The molecule has 4 rings (SSSR count). The number of thioether (sulfide) groups is 1. The number of carbonyl (C=O) groups is 1. The largest absolute Gasteiger partial charge is 0.325 e. The van der Waals surface area contributed by atoms with Crippen molar-refractivity contribution in [2.75, 3.05) is 11.1 Å². The van der Waals surface area contributed by atoms with Crippen LogP contribution in [-0.4, -0.2) is 21.2 Å². The van der Waals surface area contributed by atoms with Gasteiger partial charge in [0.1, 0.15) is 4.70 Å². The Kier molecular flexibility index (Phi) is 5.85. The highest BCUT2D eigenvalue weighted by Crippen LogP contribution is 2.27.